The summed E-state index contributed by atoms with van der Waals surface area (Å²) in [5.74, 6) is 0. The molecule has 1 heterocycles. The molecule has 1 aliphatic rings. The van der Waals surface area contributed by atoms with Crippen LogP contribution < -0.4 is 5.32 Å². The van der Waals surface area contributed by atoms with Crippen LogP contribution in [0, 0.1) is 0 Å². The Hall–Kier alpha value is -1.10. The first kappa shape index (κ1) is 12.4. The van der Waals surface area contributed by atoms with Crippen LogP contribution in [0.4, 0.5) is 5.69 Å². The largest absolute Gasteiger partial charge is 0.396 e. The molecule has 2 rings (SSSR count). The van der Waals surface area contributed by atoms with Crippen molar-refractivity contribution in [2.45, 2.75) is 18.6 Å². The smallest absolute Gasteiger partial charge is 0.107 e. The predicted octanol–water partition coefficient (Wildman–Crippen LogP) is 1.26. The summed E-state index contributed by atoms with van der Waals surface area (Å²) in [4.78, 5) is 0. The standard InChI is InChI=1S/C13H19NO3/c15-8-6-12-13(17-12)10-16-9-7-14-11-4-2-1-3-5-11/h1-5,12-15H,6-10H2. The van der Waals surface area contributed by atoms with E-state index in [9.17, 15) is 0 Å². The number of hydrogen-bond donors (Lipinski definition) is 2. The van der Waals surface area contributed by atoms with Crippen LogP contribution in [0.2, 0.25) is 0 Å². The third-order valence-electron chi connectivity index (χ3n) is 2.73. The number of aliphatic hydroxyl groups excluding tert-OH is 1. The van der Waals surface area contributed by atoms with Crippen molar-refractivity contribution < 1.29 is 14.6 Å². The van der Waals surface area contributed by atoms with E-state index in [1.165, 1.54) is 0 Å². The Morgan fingerprint density at radius 3 is 2.82 bits per heavy atom. The molecule has 94 valence electrons. The molecule has 0 aromatic heterocycles. The zero-order chi connectivity index (χ0) is 11.9. The van der Waals surface area contributed by atoms with Gasteiger partial charge in [0.15, 0.2) is 0 Å². The van der Waals surface area contributed by atoms with E-state index in [0.717, 1.165) is 18.7 Å². The molecule has 1 aromatic rings. The molecule has 0 saturated carbocycles. The maximum atomic E-state index is 8.70. The fourth-order valence-electron chi connectivity index (χ4n) is 1.73. The van der Waals surface area contributed by atoms with Crippen LogP contribution in [-0.4, -0.2) is 43.7 Å². The quantitative estimate of drug-likeness (QED) is 0.528. The number of rotatable bonds is 8. The lowest BCUT2D eigenvalue weighted by molar-refractivity contribution is 0.125. The lowest BCUT2D eigenvalue weighted by Gasteiger charge is -2.06. The Bertz CT molecular complexity index is 318. The van der Waals surface area contributed by atoms with Gasteiger partial charge in [0.05, 0.1) is 19.3 Å². The number of hydrogen-bond acceptors (Lipinski definition) is 4. The molecule has 4 nitrogen and oxygen atoms in total. The Labute approximate surface area is 102 Å². The van der Waals surface area contributed by atoms with Crippen molar-refractivity contribution >= 4 is 5.69 Å². The Morgan fingerprint density at radius 1 is 1.24 bits per heavy atom. The van der Waals surface area contributed by atoms with Crippen LogP contribution in [0.25, 0.3) is 0 Å². The number of nitrogens with one attached hydrogen (secondary N) is 1. The summed E-state index contributed by atoms with van der Waals surface area (Å²) in [7, 11) is 0. The van der Waals surface area contributed by atoms with Gasteiger partial charge in [0.25, 0.3) is 0 Å². The van der Waals surface area contributed by atoms with Crippen LogP contribution in [0.15, 0.2) is 30.3 Å². The van der Waals surface area contributed by atoms with Gasteiger partial charge in [-0.05, 0) is 18.6 Å². The van der Waals surface area contributed by atoms with Gasteiger partial charge < -0.3 is 19.9 Å². The van der Waals surface area contributed by atoms with Gasteiger partial charge in [-0.3, -0.25) is 0 Å². The normalized spacial score (nSPS) is 22.4. The fraction of sp³-hybridized carbons (Fsp3) is 0.538. The van der Waals surface area contributed by atoms with E-state index >= 15 is 0 Å². The van der Waals surface area contributed by atoms with Crippen molar-refractivity contribution in [1.29, 1.82) is 0 Å². The average molecular weight is 237 g/mol. The van der Waals surface area contributed by atoms with E-state index in [1.54, 1.807) is 0 Å². The number of ether oxygens (including phenoxy) is 2. The Balaban J connectivity index is 1.48. The summed E-state index contributed by atoms with van der Waals surface area (Å²) >= 11 is 0. The zero-order valence-electron chi connectivity index (χ0n) is 9.84. The minimum absolute atomic E-state index is 0.191. The van der Waals surface area contributed by atoms with Crippen molar-refractivity contribution in [3.05, 3.63) is 30.3 Å². The van der Waals surface area contributed by atoms with Crippen LogP contribution in [0.3, 0.4) is 0 Å². The van der Waals surface area contributed by atoms with Gasteiger partial charge in [0, 0.05) is 18.8 Å². The summed E-state index contributed by atoms with van der Waals surface area (Å²) in [6.07, 6.45) is 1.12. The first-order chi connectivity index (χ1) is 8.40. The molecule has 2 unspecified atom stereocenters. The highest BCUT2D eigenvalue weighted by Crippen LogP contribution is 2.24. The number of aliphatic hydroxyl groups is 1. The van der Waals surface area contributed by atoms with Crippen molar-refractivity contribution in [2.75, 3.05) is 31.7 Å². The van der Waals surface area contributed by atoms with Gasteiger partial charge in [0.1, 0.15) is 6.10 Å². The first-order valence-corrected chi connectivity index (χ1v) is 6.03. The molecular weight excluding hydrogens is 218 g/mol. The van der Waals surface area contributed by atoms with E-state index < -0.39 is 0 Å². The summed E-state index contributed by atoms with van der Waals surface area (Å²) < 4.78 is 10.8. The van der Waals surface area contributed by atoms with Crippen molar-refractivity contribution in [1.82, 2.24) is 0 Å². The molecule has 4 heteroatoms. The summed E-state index contributed by atoms with van der Waals surface area (Å²) in [5.41, 5.74) is 1.11. The fourth-order valence-corrected chi connectivity index (χ4v) is 1.73. The molecule has 0 radical (unpaired) electrons. The number of anilines is 1. The molecule has 0 aliphatic carbocycles. The highest BCUT2D eigenvalue weighted by molar-refractivity contribution is 5.42. The third-order valence-corrected chi connectivity index (χ3v) is 2.73. The zero-order valence-corrected chi connectivity index (χ0v) is 9.84. The topological polar surface area (TPSA) is 54.0 Å². The number of benzene rings is 1. The molecule has 0 amide bonds. The highest BCUT2D eigenvalue weighted by atomic mass is 16.6. The second kappa shape index (κ2) is 6.59. The summed E-state index contributed by atoms with van der Waals surface area (Å²) in [6, 6.07) is 10.1. The van der Waals surface area contributed by atoms with E-state index in [0.29, 0.717) is 13.2 Å². The van der Waals surface area contributed by atoms with E-state index in [2.05, 4.69) is 5.32 Å². The molecule has 1 aliphatic heterocycles. The Kier molecular flexibility index (Phi) is 4.79. The molecule has 1 fully saturated rings. The van der Waals surface area contributed by atoms with Crippen LogP contribution in [0.1, 0.15) is 6.42 Å². The molecule has 2 N–H and O–H groups in total. The maximum absolute atomic E-state index is 8.70. The minimum Gasteiger partial charge on any atom is -0.396 e. The lowest BCUT2D eigenvalue weighted by atomic mass is 10.2. The van der Waals surface area contributed by atoms with Crippen LogP contribution >= 0.6 is 0 Å². The predicted molar refractivity (Wildman–Crippen MR) is 66.1 cm³/mol. The molecule has 17 heavy (non-hydrogen) atoms. The maximum Gasteiger partial charge on any atom is 0.107 e. The summed E-state index contributed by atoms with van der Waals surface area (Å²) in [6.45, 7) is 2.28. The summed E-state index contributed by atoms with van der Waals surface area (Å²) in [5, 5.41) is 12.0. The number of epoxide rings is 1. The van der Waals surface area contributed by atoms with Crippen LogP contribution in [-0.2, 0) is 9.47 Å². The second-order valence-electron chi connectivity index (χ2n) is 4.09. The number of para-hydroxylation sites is 1. The van der Waals surface area contributed by atoms with E-state index in [-0.39, 0.29) is 18.8 Å². The van der Waals surface area contributed by atoms with Gasteiger partial charge in [-0.25, -0.2) is 0 Å². The molecular formula is C13H19NO3. The average Bonchev–Trinajstić information content (AvgIpc) is 3.09. The lowest BCUT2D eigenvalue weighted by Crippen LogP contribution is -2.13. The van der Waals surface area contributed by atoms with Crippen LogP contribution in [0.5, 0.6) is 0 Å². The SMILES string of the molecule is OCCC1OC1COCCNc1ccccc1. The third kappa shape index (κ3) is 4.34. The Morgan fingerprint density at radius 2 is 2.06 bits per heavy atom. The van der Waals surface area contributed by atoms with Gasteiger partial charge in [0.2, 0.25) is 0 Å². The van der Waals surface area contributed by atoms with E-state index in [1.807, 2.05) is 30.3 Å². The van der Waals surface area contributed by atoms with Crippen molar-refractivity contribution in [3.63, 3.8) is 0 Å². The monoisotopic (exact) mass is 237 g/mol. The van der Waals surface area contributed by atoms with Gasteiger partial charge >= 0.3 is 0 Å². The van der Waals surface area contributed by atoms with Crippen molar-refractivity contribution in [2.24, 2.45) is 0 Å². The molecule has 1 saturated heterocycles. The first-order valence-electron chi connectivity index (χ1n) is 6.03. The molecule has 1 aromatic carbocycles. The highest BCUT2D eigenvalue weighted by Gasteiger charge is 2.37. The molecule has 0 spiro atoms. The van der Waals surface area contributed by atoms with Crippen molar-refractivity contribution in [3.8, 4) is 0 Å². The van der Waals surface area contributed by atoms with E-state index in [4.69, 9.17) is 14.6 Å². The van der Waals surface area contributed by atoms with Gasteiger partial charge in [-0.1, -0.05) is 18.2 Å². The molecule has 2 atom stereocenters. The molecule has 0 bridgehead atoms. The second-order valence-corrected chi connectivity index (χ2v) is 4.09. The van der Waals surface area contributed by atoms with Gasteiger partial charge in [-0.15, -0.1) is 0 Å². The van der Waals surface area contributed by atoms with Gasteiger partial charge in [-0.2, -0.15) is 0 Å². The minimum atomic E-state index is 0.191.